The Kier molecular flexibility index (Phi) is 6.03. The van der Waals surface area contributed by atoms with Crippen LogP contribution in [0.15, 0.2) is 24.3 Å². The number of benzene rings is 2. The summed E-state index contributed by atoms with van der Waals surface area (Å²) in [5.74, 6) is 0.482. The predicted molar refractivity (Wildman–Crippen MR) is 147 cm³/mol. The molecule has 0 saturated heterocycles. The number of allylic oxidation sites excluding steroid dienone is 4. The molecule has 3 aliphatic carbocycles. The fourth-order valence-electron chi connectivity index (χ4n) is 6.53. The van der Waals surface area contributed by atoms with Crippen molar-refractivity contribution in [3.8, 4) is 71.6 Å². The maximum Gasteiger partial charge on any atom is 0.205 e. The summed E-state index contributed by atoms with van der Waals surface area (Å²) in [5, 5.41) is 83.9. The van der Waals surface area contributed by atoms with Gasteiger partial charge in [0.05, 0.1) is 77.0 Å². The van der Waals surface area contributed by atoms with Crippen LogP contribution in [-0.2, 0) is 0 Å². The number of hydrogen-bond acceptors (Lipinski definition) is 12. The van der Waals surface area contributed by atoms with Crippen LogP contribution in [0.2, 0.25) is 0 Å². The van der Waals surface area contributed by atoms with Crippen LogP contribution in [0.4, 0.5) is 0 Å². The zero-order valence-electron chi connectivity index (χ0n) is 23.5. The van der Waals surface area contributed by atoms with Crippen molar-refractivity contribution in [3.05, 3.63) is 46.5 Å². The van der Waals surface area contributed by atoms with Crippen LogP contribution in [0, 0.1) is 112 Å². The molecule has 0 bridgehead atoms. The van der Waals surface area contributed by atoms with E-state index in [1.165, 1.54) is 52.7 Å². The van der Waals surface area contributed by atoms with E-state index in [0.717, 1.165) is 0 Å². The molecule has 0 saturated carbocycles. The van der Waals surface area contributed by atoms with Gasteiger partial charge < -0.3 is 18.9 Å². The highest BCUT2D eigenvalue weighted by molar-refractivity contribution is 6.20. The molecule has 0 fully saturated rings. The number of rotatable bonds is 4. The molecule has 3 aliphatic rings. The molecule has 5 rings (SSSR count). The highest BCUT2D eigenvalue weighted by Crippen LogP contribution is 2.75. The van der Waals surface area contributed by atoms with Gasteiger partial charge in [-0.25, -0.2) is 0 Å². The third-order valence-corrected chi connectivity index (χ3v) is 8.59. The first-order valence-electron chi connectivity index (χ1n) is 12.5. The molecule has 0 radical (unpaired) electrons. The van der Waals surface area contributed by atoms with Crippen LogP contribution >= 0.6 is 0 Å². The van der Waals surface area contributed by atoms with Crippen molar-refractivity contribution in [2.75, 3.05) is 28.4 Å². The largest absolute Gasteiger partial charge is 0.493 e. The highest BCUT2D eigenvalue weighted by Gasteiger charge is 2.74. The highest BCUT2D eigenvalue weighted by atomic mass is 16.5. The van der Waals surface area contributed by atoms with Gasteiger partial charge in [0.25, 0.3) is 0 Å². The summed E-state index contributed by atoms with van der Waals surface area (Å²) in [5.41, 5.74) is -9.43. The molecule has 0 heterocycles. The maximum absolute atomic E-state index is 10.5. The molecule has 208 valence electrons. The Morgan fingerprint density at radius 1 is 0.364 bits per heavy atom. The monoisotopic (exact) mass is 576 g/mol. The van der Waals surface area contributed by atoms with E-state index < -0.39 is 21.7 Å². The zero-order valence-corrected chi connectivity index (χ0v) is 23.5. The predicted octanol–water partition coefficient (Wildman–Crippen LogP) is 4.02. The fourth-order valence-corrected chi connectivity index (χ4v) is 6.53. The van der Waals surface area contributed by atoms with Gasteiger partial charge in [0.15, 0.2) is 23.0 Å². The maximum atomic E-state index is 10.5. The third-order valence-electron chi connectivity index (χ3n) is 8.59. The second kappa shape index (κ2) is 9.28. The molecule has 12 nitrogen and oxygen atoms in total. The van der Waals surface area contributed by atoms with Gasteiger partial charge in [0, 0.05) is 22.3 Å². The van der Waals surface area contributed by atoms with Crippen LogP contribution < -0.4 is 18.9 Å². The van der Waals surface area contributed by atoms with E-state index in [4.69, 9.17) is 18.9 Å². The summed E-state index contributed by atoms with van der Waals surface area (Å²) in [6.45, 7) is 0. The topological polar surface area (TPSA) is 227 Å². The van der Waals surface area contributed by atoms with Crippen LogP contribution in [0.3, 0.4) is 0 Å². The molecule has 0 aromatic heterocycles. The SMILES string of the molecule is COc1cc2c(cc1OC)C1=C(c3cc(OC)c(OC)cc3C3=C2C(C#N)(C#N)C3(C#N)C#N)C(C#N)(C#N)C1(C#N)C#N. The van der Waals surface area contributed by atoms with Gasteiger partial charge in [-0.05, 0) is 46.5 Å². The van der Waals surface area contributed by atoms with Crippen molar-refractivity contribution in [2.45, 2.75) is 0 Å². The number of ether oxygens (including phenoxy) is 4. The van der Waals surface area contributed by atoms with Crippen LogP contribution in [0.25, 0.3) is 22.3 Å². The number of nitriles is 8. The smallest absolute Gasteiger partial charge is 0.205 e. The summed E-state index contributed by atoms with van der Waals surface area (Å²) in [7, 11) is 5.36. The Balaban J connectivity index is 2.21. The fraction of sp³-hybridized carbons (Fsp3) is 0.250. The first-order chi connectivity index (χ1) is 21.2. The molecule has 0 N–H and O–H groups in total. The van der Waals surface area contributed by atoms with Crippen LogP contribution in [0.5, 0.6) is 23.0 Å². The lowest BCUT2D eigenvalue weighted by molar-refractivity contribution is 0.353. The molecule has 12 heteroatoms. The molecule has 0 amide bonds. The van der Waals surface area contributed by atoms with Crippen molar-refractivity contribution in [2.24, 2.45) is 21.7 Å². The van der Waals surface area contributed by atoms with Gasteiger partial charge in [-0.2, -0.15) is 42.1 Å². The number of hydrogen-bond donors (Lipinski definition) is 0. The first kappa shape index (κ1) is 28.6. The van der Waals surface area contributed by atoms with Gasteiger partial charge in [-0.1, -0.05) is 0 Å². The molecule has 2 aromatic carbocycles. The molecule has 0 atom stereocenters. The second-order valence-corrected chi connectivity index (χ2v) is 9.90. The third kappa shape index (κ3) is 2.68. The van der Waals surface area contributed by atoms with E-state index in [9.17, 15) is 42.1 Å². The summed E-state index contributed by atoms with van der Waals surface area (Å²) < 4.78 is 22.0. The molecule has 0 unspecified atom stereocenters. The van der Waals surface area contributed by atoms with E-state index in [-0.39, 0.29) is 67.5 Å². The summed E-state index contributed by atoms with van der Waals surface area (Å²) in [6.07, 6.45) is 0. The van der Waals surface area contributed by atoms with Gasteiger partial charge in [-0.3, -0.25) is 0 Å². The number of fused-ring (bicyclic) bond motifs is 6. The zero-order chi connectivity index (χ0) is 32.2. The van der Waals surface area contributed by atoms with Gasteiger partial charge in [0.1, 0.15) is 0 Å². The summed E-state index contributed by atoms with van der Waals surface area (Å²) in [6, 6.07) is 20.7. The second-order valence-electron chi connectivity index (χ2n) is 9.90. The van der Waals surface area contributed by atoms with Crippen molar-refractivity contribution in [1.82, 2.24) is 0 Å². The summed E-state index contributed by atoms with van der Waals surface area (Å²) in [4.78, 5) is 0. The lowest BCUT2D eigenvalue weighted by Crippen LogP contribution is -2.53. The molecule has 44 heavy (non-hydrogen) atoms. The molecule has 0 aliphatic heterocycles. The van der Waals surface area contributed by atoms with Crippen LogP contribution in [0.1, 0.15) is 22.3 Å². The van der Waals surface area contributed by atoms with Gasteiger partial charge in [-0.15, -0.1) is 0 Å². The lowest BCUT2D eigenvalue weighted by Gasteiger charge is -2.52. The van der Waals surface area contributed by atoms with E-state index in [1.54, 1.807) is 0 Å². The van der Waals surface area contributed by atoms with Gasteiger partial charge >= 0.3 is 0 Å². The Morgan fingerprint density at radius 3 is 0.636 bits per heavy atom. The average molecular weight is 577 g/mol. The van der Waals surface area contributed by atoms with Crippen molar-refractivity contribution < 1.29 is 18.9 Å². The van der Waals surface area contributed by atoms with E-state index in [1.807, 2.05) is 48.6 Å². The Hall–Kier alpha value is -6.96. The molecule has 2 aromatic rings. The minimum absolute atomic E-state index is 0.0576. The van der Waals surface area contributed by atoms with E-state index >= 15 is 0 Å². The van der Waals surface area contributed by atoms with Crippen LogP contribution in [-0.4, -0.2) is 28.4 Å². The quantitative estimate of drug-likeness (QED) is 0.502. The molecular formula is C32H16N8O4. The van der Waals surface area contributed by atoms with E-state index in [0.29, 0.717) is 0 Å². The minimum atomic E-state index is -2.37. The first-order valence-corrected chi connectivity index (χ1v) is 12.5. The Morgan fingerprint density at radius 2 is 0.523 bits per heavy atom. The normalized spacial score (nSPS) is 17.9. The average Bonchev–Trinajstić information content (AvgIpc) is 3.05. The Labute approximate surface area is 251 Å². The van der Waals surface area contributed by atoms with Crippen molar-refractivity contribution >= 4 is 22.3 Å². The molecule has 0 spiro atoms. The van der Waals surface area contributed by atoms with Crippen molar-refractivity contribution in [3.63, 3.8) is 0 Å². The minimum Gasteiger partial charge on any atom is -0.493 e. The van der Waals surface area contributed by atoms with E-state index in [2.05, 4.69) is 0 Å². The van der Waals surface area contributed by atoms with Crippen molar-refractivity contribution in [1.29, 1.82) is 42.1 Å². The Bertz CT molecular complexity index is 1780. The number of methoxy groups -OCH3 is 4. The lowest BCUT2D eigenvalue weighted by atomic mass is 9.41. The van der Waals surface area contributed by atoms with Gasteiger partial charge in [0.2, 0.25) is 21.7 Å². The standard InChI is InChI=1S/C32H16N8O4/c1-41-21-5-17-18(6-22(21)42-2)26-28(32(15-39,16-40)30(26,11-35)12-36)20-8-24(44-4)23(43-3)7-19(20)27-25(17)29(9-33,10-34)31(27,13-37)14-38/h5-8H,1-4H3. The molecular weight excluding hydrogens is 560 g/mol. The number of nitrogens with zero attached hydrogens (tertiary/aromatic N) is 8. The summed E-state index contributed by atoms with van der Waals surface area (Å²) >= 11 is 0.